The minimum Gasteiger partial charge on any atom is -0.361 e. The van der Waals surface area contributed by atoms with Gasteiger partial charge in [-0.25, -0.2) is 9.97 Å². The summed E-state index contributed by atoms with van der Waals surface area (Å²) in [7, 11) is 0. The van der Waals surface area contributed by atoms with Crippen LogP contribution in [0.4, 0.5) is 0 Å². The average Bonchev–Trinajstić information content (AvgIpc) is 3.11. The molecule has 2 aromatic heterocycles. The van der Waals surface area contributed by atoms with Crippen molar-refractivity contribution in [3.05, 3.63) is 76.7 Å². The second-order valence-electron chi connectivity index (χ2n) is 7.45. The molecule has 0 aliphatic heterocycles. The lowest BCUT2D eigenvalue weighted by molar-refractivity contribution is 0.188. The van der Waals surface area contributed by atoms with E-state index in [0.717, 1.165) is 30.8 Å². The van der Waals surface area contributed by atoms with E-state index in [1.807, 2.05) is 19.3 Å². The first kappa shape index (κ1) is 14.8. The van der Waals surface area contributed by atoms with Crippen LogP contribution >= 0.6 is 0 Å². The maximum Gasteiger partial charge on any atom is 0.143 e. The van der Waals surface area contributed by atoms with Crippen LogP contribution in [0, 0.1) is 12.8 Å². The second kappa shape index (κ2) is 5.25. The second-order valence-corrected chi connectivity index (χ2v) is 7.45. The van der Waals surface area contributed by atoms with Crippen LogP contribution in [0.3, 0.4) is 0 Å². The Morgan fingerprint density at radius 1 is 1.12 bits per heavy atom. The van der Waals surface area contributed by atoms with Gasteiger partial charge >= 0.3 is 0 Å². The molecule has 3 atom stereocenters. The average molecular weight is 331 g/mol. The summed E-state index contributed by atoms with van der Waals surface area (Å²) in [6.07, 6.45) is 6.98. The van der Waals surface area contributed by atoms with Crippen LogP contribution in [0.1, 0.15) is 53.2 Å². The summed E-state index contributed by atoms with van der Waals surface area (Å²) >= 11 is 0. The summed E-state index contributed by atoms with van der Waals surface area (Å²) in [5, 5.41) is 4.10. The summed E-state index contributed by atoms with van der Waals surface area (Å²) in [4.78, 5) is 9.44. The number of aromatic nitrogens is 3. The molecule has 3 aromatic rings. The lowest BCUT2D eigenvalue weighted by Crippen LogP contribution is -2.48. The molecule has 5 rings (SSSR count). The molecule has 25 heavy (non-hydrogen) atoms. The van der Waals surface area contributed by atoms with Crippen molar-refractivity contribution in [2.24, 2.45) is 5.92 Å². The fourth-order valence-corrected chi connectivity index (χ4v) is 5.14. The summed E-state index contributed by atoms with van der Waals surface area (Å²) in [5.74, 6) is 2.69. The lowest BCUT2D eigenvalue weighted by Gasteiger charge is -2.49. The summed E-state index contributed by atoms with van der Waals surface area (Å²) in [6.45, 7) is 4.27. The van der Waals surface area contributed by atoms with Crippen LogP contribution in [0.2, 0.25) is 0 Å². The quantitative estimate of drug-likeness (QED) is 0.677. The maximum atomic E-state index is 5.63. The van der Waals surface area contributed by atoms with E-state index in [4.69, 9.17) is 9.51 Å². The van der Waals surface area contributed by atoms with Crippen molar-refractivity contribution in [1.82, 2.24) is 15.1 Å². The van der Waals surface area contributed by atoms with Gasteiger partial charge in [0, 0.05) is 23.1 Å². The van der Waals surface area contributed by atoms with Gasteiger partial charge in [0.25, 0.3) is 0 Å². The fourth-order valence-electron chi connectivity index (χ4n) is 5.14. The van der Waals surface area contributed by atoms with E-state index in [1.54, 1.807) is 0 Å². The third-order valence-corrected chi connectivity index (χ3v) is 6.22. The zero-order valence-corrected chi connectivity index (χ0v) is 14.6. The van der Waals surface area contributed by atoms with Gasteiger partial charge in [-0.2, -0.15) is 0 Å². The first-order chi connectivity index (χ1) is 12.2. The van der Waals surface area contributed by atoms with Crippen molar-refractivity contribution in [3.8, 4) is 0 Å². The number of benzene rings is 1. The van der Waals surface area contributed by atoms with E-state index in [0.29, 0.717) is 11.8 Å². The van der Waals surface area contributed by atoms with E-state index in [2.05, 4.69) is 47.4 Å². The molecule has 0 unspecified atom stereocenters. The van der Waals surface area contributed by atoms with E-state index in [9.17, 15) is 0 Å². The molecule has 0 bridgehead atoms. The molecule has 2 aliphatic carbocycles. The Kier molecular flexibility index (Phi) is 3.11. The summed E-state index contributed by atoms with van der Waals surface area (Å²) < 4.78 is 5.63. The highest BCUT2D eigenvalue weighted by atomic mass is 16.5. The number of rotatable bonds is 1. The van der Waals surface area contributed by atoms with Crippen molar-refractivity contribution < 1.29 is 4.52 Å². The molecule has 2 heterocycles. The van der Waals surface area contributed by atoms with Gasteiger partial charge in [-0.15, -0.1) is 0 Å². The van der Waals surface area contributed by atoms with E-state index >= 15 is 0 Å². The minimum atomic E-state index is -0.124. The molecule has 0 N–H and O–H groups in total. The number of hydrogen-bond donors (Lipinski definition) is 0. The molecule has 4 heteroatoms. The van der Waals surface area contributed by atoms with Gasteiger partial charge in [0.2, 0.25) is 0 Å². The molecule has 0 spiro atoms. The van der Waals surface area contributed by atoms with Crippen molar-refractivity contribution in [3.63, 3.8) is 0 Å². The summed E-state index contributed by atoms with van der Waals surface area (Å²) in [5.41, 5.74) is 4.94. The SMILES string of the molecule is Cc1ncc2c(n1)[C@@]1(c3ccccc3)Cc3cnoc3[C@@H](C)[C@@H]1CC2. The Morgan fingerprint density at radius 2 is 1.96 bits per heavy atom. The molecule has 4 nitrogen and oxygen atoms in total. The standard InChI is InChI=1S/C21H21N3O/c1-13-18-9-8-15-11-22-14(2)24-20(15)21(18,17-6-4-3-5-7-17)10-16-12-23-25-19(13)16/h3-7,11-13,18H,8-10H2,1-2H3/t13-,18-,21+/m0/s1. The predicted octanol–water partition coefficient (Wildman–Crippen LogP) is 3.98. The van der Waals surface area contributed by atoms with Crippen molar-refractivity contribution in [1.29, 1.82) is 0 Å². The smallest absolute Gasteiger partial charge is 0.143 e. The monoisotopic (exact) mass is 331 g/mol. The van der Waals surface area contributed by atoms with E-state index < -0.39 is 0 Å². The molecule has 0 saturated carbocycles. The Morgan fingerprint density at radius 3 is 2.80 bits per heavy atom. The fraction of sp³-hybridized carbons (Fsp3) is 0.381. The molecule has 0 amide bonds. The van der Waals surface area contributed by atoms with Gasteiger partial charge in [-0.1, -0.05) is 42.4 Å². The van der Waals surface area contributed by atoms with Gasteiger partial charge in [-0.3, -0.25) is 0 Å². The first-order valence-electron chi connectivity index (χ1n) is 9.02. The Hall–Kier alpha value is -2.49. The van der Waals surface area contributed by atoms with Gasteiger partial charge in [0.1, 0.15) is 11.6 Å². The maximum absolute atomic E-state index is 5.63. The number of hydrogen-bond acceptors (Lipinski definition) is 4. The van der Waals surface area contributed by atoms with Crippen LogP contribution in [-0.4, -0.2) is 15.1 Å². The number of fused-ring (bicyclic) bond motifs is 4. The predicted molar refractivity (Wildman–Crippen MR) is 94.4 cm³/mol. The zero-order chi connectivity index (χ0) is 17.0. The van der Waals surface area contributed by atoms with Crippen molar-refractivity contribution >= 4 is 0 Å². The van der Waals surface area contributed by atoms with E-state index in [-0.39, 0.29) is 5.41 Å². The largest absolute Gasteiger partial charge is 0.361 e. The van der Waals surface area contributed by atoms with Crippen LogP contribution in [0.25, 0.3) is 0 Å². The topological polar surface area (TPSA) is 51.8 Å². The highest BCUT2D eigenvalue weighted by molar-refractivity contribution is 5.48. The number of nitrogens with zero attached hydrogens (tertiary/aromatic N) is 3. The van der Waals surface area contributed by atoms with E-state index in [1.165, 1.54) is 22.4 Å². The molecular formula is C21H21N3O. The lowest BCUT2D eigenvalue weighted by atomic mass is 9.53. The molecule has 1 aromatic carbocycles. The first-order valence-corrected chi connectivity index (χ1v) is 9.02. The highest BCUT2D eigenvalue weighted by Crippen LogP contribution is 2.56. The van der Waals surface area contributed by atoms with Crippen LogP contribution in [0.5, 0.6) is 0 Å². The zero-order valence-electron chi connectivity index (χ0n) is 14.6. The summed E-state index contributed by atoms with van der Waals surface area (Å²) in [6, 6.07) is 10.9. The van der Waals surface area contributed by atoms with Gasteiger partial charge in [-0.05, 0) is 43.2 Å². The normalized spacial score (nSPS) is 27.3. The van der Waals surface area contributed by atoms with Crippen molar-refractivity contribution in [2.45, 2.75) is 44.4 Å². The number of aryl methyl sites for hydroxylation is 2. The van der Waals surface area contributed by atoms with Crippen LogP contribution in [0.15, 0.2) is 47.2 Å². The molecule has 0 saturated heterocycles. The molecule has 126 valence electrons. The third-order valence-electron chi connectivity index (χ3n) is 6.22. The van der Waals surface area contributed by atoms with Gasteiger partial charge in [0.15, 0.2) is 0 Å². The third kappa shape index (κ3) is 1.97. The van der Waals surface area contributed by atoms with Crippen LogP contribution in [-0.2, 0) is 18.3 Å². The highest BCUT2D eigenvalue weighted by Gasteiger charge is 2.53. The molecule has 2 aliphatic rings. The molecule has 0 radical (unpaired) electrons. The Balaban J connectivity index is 1.83. The van der Waals surface area contributed by atoms with Gasteiger partial charge in [0.05, 0.1) is 11.9 Å². The molecular weight excluding hydrogens is 310 g/mol. The molecule has 0 fully saturated rings. The Bertz CT molecular complexity index is 933. The van der Waals surface area contributed by atoms with Crippen LogP contribution < -0.4 is 0 Å². The van der Waals surface area contributed by atoms with Crippen molar-refractivity contribution in [2.75, 3.05) is 0 Å². The van der Waals surface area contributed by atoms with Gasteiger partial charge < -0.3 is 4.52 Å². The minimum absolute atomic E-state index is 0.124. The Labute approximate surface area is 147 Å².